The number of para-hydroxylation sites is 1. The Morgan fingerprint density at radius 1 is 1.11 bits per heavy atom. The molecule has 2 aliphatic rings. The number of hydrogen-bond donors (Lipinski definition) is 0. The number of benzene rings is 1. The van der Waals surface area contributed by atoms with Crippen molar-refractivity contribution in [1.82, 2.24) is 9.55 Å². The number of hydrogen-bond acceptors (Lipinski definition) is 4. The van der Waals surface area contributed by atoms with Crippen LogP contribution in [0, 0.1) is 0 Å². The number of esters is 1. The van der Waals surface area contributed by atoms with Crippen molar-refractivity contribution in [1.29, 1.82) is 0 Å². The predicted octanol–water partition coefficient (Wildman–Crippen LogP) is 3.13. The number of ether oxygens (including phenoxy) is 1. The lowest BCUT2D eigenvalue weighted by molar-refractivity contribution is -0.226. The molecule has 1 atom stereocenters. The van der Waals surface area contributed by atoms with Crippen molar-refractivity contribution in [2.75, 3.05) is 0 Å². The highest BCUT2D eigenvalue weighted by Gasteiger charge is 2.49. The monoisotopic (exact) mass is 372 g/mol. The van der Waals surface area contributed by atoms with Crippen LogP contribution in [0.3, 0.4) is 0 Å². The lowest BCUT2D eigenvalue weighted by atomic mass is 9.97. The van der Waals surface area contributed by atoms with Crippen molar-refractivity contribution < 1.29 is 22.7 Å². The van der Waals surface area contributed by atoms with Gasteiger partial charge in [0, 0.05) is 10.9 Å². The highest BCUT2D eigenvalue weighted by atomic mass is 19.4. The molecule has 1 aromatic carbocycles. The molecule has 0 spiro atoms. The summed E-state index contributed by atoms with van der Waals surface area (Å²) in [5, 5.41) is 0.883. The summed E-state index contributed by atoms with van der Waals surface area (Å²) >= 11 is 0. The minimum Gasteiger partial charge on any atom is -0.447 e. The third-order valence-electron chi connectivity index (χ3n) is 4.94. The largest absolute Gasteiger partial charge is 0.447 e. The summed E-state index contributed by atoms with van der Waals surface area (Å²) in [6, 6.07) is 10.7. The third kappa shape index (κ3) is 2.29. The van der Waals surface area contributed by atoms with Crippen molar-refractivity contribution >= 4 is 16.9 Å². The topological polar surface area (TPSA) is 61.2 Å². The minimum atomic E-state index is -4.85. The highest BCUT2D eigenvalue weighted by molar-refractivity contribution is 5.84. The third-order valence-corrected chi connectivity index (χ3v) is 4.94. The summed E-state index contributed by atoms with van der Waals surface area (Å²) in [4.78, 5) is 29.1. The van der Waals surface area contributed by atoms with Gasteiger partial charge in [0.1, 0.15) is 0 Å². The number of nitrogens with zero attached hydrogens (tertiary/aromatic N) is 2. The molecule has 0 amide bonds. The first kappa shape index (κ1) is 16.0. The first-order valence-electron chi connectivity index (χ1n) is 8.25. The number of fused-ring (bicyclic) bond motifs is 5. The molecule has 0 N–H and O–H groups in total. The standard InChI is InChI=1S/C19H11F3N2O3/c20-19(21,22)17-15-10(7-14(25)27-17)6-13-16-11(8-24(13)18(15)26)5-9-3-1-2-4-12(9)23-16/h1-6,17H,7-8H2. The number of carbonyl (C=O) groups is 1. The molecular weight excluding hydrogens is 361 g/mol. The fraction of sp³-hybridized carbons (Fsp3) is 0.211. The first-order chi connectivity index (χ1) is 12.8. The summed E-state index contributed by atoms with van der Waals surface area (Å²) in [6.45, 7) is 0.132. The van der Waals surface area contributed by atoms with Crippen LogP contribution < -0.4 is 5.56 Å². The summed E-state index contributed by atoms with van der Waals surface area (Å²) in [7, 11) is 0. The van der Waals surface area contributed by atoms with Gasteiger partial charge in [-0.15, -0.1) is 0 Å². The van der Waals surface area contributed by atoms with E-state index >= 15 is 0 Å². The van der Waals surface area contributed by atoms with Gasteiger partial charge in [-0.2, -0.15) is 13.2 Å². The van der Waals surface area contributed by atoms with Crippen LogP contribution in [0.1, 0.15) is 22.8 Å². The minimum absolute atomic E-state index is 0.0487. The van der Waals surface area contributed by atoms with E-state index in [0.717, 1.165) is 16.5 Å². The summed E-state index contributed by atoms with van der Waals surface area (Å²) in [5.74, 6) is -1.00. The van der Waals surface area contributed by atoms with Crippen LogP contribution in [-0.4, -0.2) is 21.7 Å². The van der Waals surface area contributed by atoms with Gasteiger partial charge in [0.05, 0.1) is 35.4 Å². The lowest BCUT2D eigenvalue weighted by Crippen LogP contribution is -2.39. The van der Waals surface area contributed by atoms with Gasteiger partial charge in [-0.1, -0.05) is 18.2 Å². The van der Waals surface area contributed by atoms with Crippen LogP contribution in [-0.2, 0) is 22.5 Å². The van der Waals surface area contributed by atoms with Crippen molar-refractivity contribution in [2.24, 2.45) is 0 Å². The molecule has 4 heterocycles. The molecule has 0 bridgehead atoms. The normalized spacial score (nSPS) is 18.0. The number of cyclic esters (lactones) is 1. The average Bonchev–Trinajstić information content (AvgIpc) is 2.96. The molecule has 0 fully saturated rings. The van der Waals surface area contributed by atoms with E-state index < -0.39 is 29.4 Å². The van der Waals surface area contributed by atoms with Crippen LogP contribution >= 0.6 is 0 Å². The van der Waals surface area contributed by atoms with E-state index in [0.29, 0.717) is 11.4 Å². The number of aromatic nitrogens is 2. The lowest BCUT2D eigenvalue weighted by Gasteiger charge is -2.27. The van der Waals surface area contributed by atoms with Crippen LogP contribution in [0.4, 0.5) is 13.2 Å². The van der Waals surface area contributed by atoms with E-state index in [2.05, 4.69) is 9.72 Å². The van der Waals surface area contributed by atoms with E-state index in [9.17, 15) is 22.8 Å². The van der Waals surface area contributed by atoms with E-state index in [4.69, 9.17) is 0 Å². The zero-order valence-electron chi connectivity index (χ0n) is 13.7. The molecule has 2 aromatic heterocycles. The van der Waals surface area contributed by atoms with Gasteiger partial charge < -0.3 is 9.30 Å². The molecule has 3 aromatic rings. The van der Waals surface area contributed by atoms with Crippen LogP contribution in [0.15, 0.2) is 41.2 Å². The van der Waals surface area contributed by atoms with Crippen molar-refractivity contribution in [2.45, 2.75) is 25.2 Å². The maximum absolute atomic E-state index is 13.3. The van der Waals surface area contributed by atoms with Gasteiger partial charge in [-0.05, 0) is 23.8 Å². The molecule has 5 rings (SSSR count). The number of rotatable bonds is 0. The molecule has 8 heteroatoms. The molecule has 5 nitrogen and oxygen atoms in total. The number of pyridine rings is 2. The Morgan fingerprint density at radius 2 is 1.89 bits per heavy atom. The number of alkyl halides is 3. The Bertz CT molecular complexity index is 1200. The van der Waals surface area contributed by atoms with E-state index in [-0.39, 0.29) is 18.5 Å². The fourth-order valence-corrected chi connectivity index (χ4v) is 3.78. The molecule has 27 heavy (non-hydrogen) atoms. The second kappa shape index (κ2) is 5.18. The van der Waals surface area contributed by atoms with Crippen molar-refractivity contribution in [3.63, 3.8) is 0 Å². The second-order valence-corrected chi connectivity index (χ2v) is 6.64. The average molecular weight is 372 g/mol. The van der Waals surface area contributed by atoms with Gasteiger partial charge in [0.15, 0.2) is 0 Å². The Kier molecular flexibility index (Phi) is 3.08. The van der Waals surface area contributed by atoms with E-state index in [1.54, 1.807) is 0 Å². The molecular formula is C19H11F3N2O3. The SMILES string of the molecule is O=C1Cc2cc3n(c(=O)c2C(C(F)(F)F)O1)Cc1cc2ccccc2nc1-3. The molecule has 2 aliphatic heterocycles. The van der Waals surface area contributed by atoms with Crippen molar-refractivity contribution in [3.05, 3.63) is 63.4 Å². The number of carbonyl (C=O) groups excluding carboxylic acids is 1. The van der Waals surface area contributed by atoms with E-state index in [1.165, 1.54) is 10.6 Å². The predicted molar refractivity (Wildman–Crippen MR) is 89.1 cm³/mol. The maximum Gasteiger partial charge on any atom is 0.430 e. The summed E-state index contributed by atoms with van der Waals surface area (Å²) in [5.41, 5.74) is 1.20. The van der Waals surface area contributed by atoms with E-state index in [1.807, 2.05) is 30.3 Å². The van der Waals surface area contributed by atoms with Gasteiger partial charge in [-0.3, -0.25) is 9.59 Å². The maximum atomic E-state index is 13.3. The summed E-state index contributed by atoms with van der Waals surface area (Å²) in [6.07, 6.45) is -7.75. The Morgan fingerprint density at radius 3 is 2.67 bits per heavy atom. The zero-order chi connectivity index (χ0) is 18.9. The molecule has 0 saturated heterocycles. The first-order valence-corrected chi connectivity index (χ1v) is 8.25. The van der Waals surface area contributed by atoms with Crippen LogP contribution in [0.25, 0.3) is 22.3 Å². The molecule has 1 unspecified atom stereocenters. The smallest absolute Gasteiger partial charge is 0.430 e. The van der Waals surface area contributed by atoms with Gasteiger partial charge in [-0.25, -0.2) is 4.98 Å². The second-order valence-electron chi connectivity index (χ2n) is 6.64. The van der Waals surface area contributed by atoms with Gasteiger partial charge >= 0.3 is 12.1 Å². The Balaban J connectivity index is 1.76. The zero-order valence-corrected chi connectivity index (χ0v) is 13.7. The van der Waals surface area contributed by atoms with Crippen LogP contribution in [0.2, 0.25) is 0 Å². The quantitative estimate of drug-likeness (QED) is 0.445. The fourth-order valence-electron chi connectivity index (χ4n) is 3.78. The van der Waals surface area contributed by atoms with Gasteiger partial charge in [0.25, 0.3) is 5.56 Å². The molecule has 0 aliphatic carbocycles. The summed E-state index contributed by atoms with van der Waals surface area (Å²) < 4.78 is 45.8. The van der Waals surface area contributed by atoms with Crippen molar-refractivity contribution in [3.8, 4) is 11.4 Å². The molecule has 0 saturated carbocycles. The highest BCUT2D eigenvalue weighted by Crippen LogP contribution is 2.41. The van der Waals surface area contributed by atoms with Crippen LogP contribution in [0.5, 0.6) is 0 Å². The van der Waals surface area contributed by atoms with Gasteiger partial charge in [0.2, 0.25) is 6.10 Å². The Labute approximate surface area is 150 Å². The molecule has 0 radical (unpaired) electrons. The molecule has 136 valence electrons. The Hall–Kier alpha value is -3.16. The number of halogens is 3.